The molecule has 3 N–H and O–H groups in total. The van der Waals surface area contributed by atoms with E-state index in [1.54, 1.807) is 13.3 Å². The zero-order valence-corrected chi connectivity index (χ0v) is 11.2. The molecule has 0 fully saturated rings. The zero-order valence-electron chi connectivity index (χ0n) is 10.4. The largest absolute Gasteiger partial charge is 0.496 e. The normalized spacial score (nSPS) is 10.6. The summed E-state index contributed by atoms with van der Waals surface area (Å²) in [5, 5.41) is 7.46. The van der Waals surface area contributed by atoms with Crippen molar-refractivity contribution in [2.45, 2.75) is 0 Å². The van der Waals surface area contributed by atoms with Crippen LogP contribution in [0.4, 0.5) is 11.4 Å². The molecule has 0 heterocycles. The summed E-state index contributed by atoms with van der Waals surface area (Å²) in [5.74, 6) is 5.85. The summed E-state index contributed by atoms with van der Waals surface area (Å²) in [6, 6.07) is 13.2. The van der Waals surface area contributed by atoms with Crippen molar-refractivity contribution >= 4 is 29.2 Å². The van der Waals surface area contributed by atoms with Crippen LogP contribution in [0.25, 0.3) is 0 Å². The fraction of sp³-hybridized carbons (Fsp3) is 0.0714. The third kappa shape index (κ3) is 3.39. The number of anilines is 2. The van der Waals surface area contributed by atoms with Crippen molar-refractivity contribution in [3.8, 4) is 5.75 Å². The first-order valence-electron chi connectivity index (χ1n) is 5.67. The standard InChI is InChI=1S/C14H14ClN3O/c1-19-14-8-13(5-2-10(14)9-17-16)18-12-6-3-11(15)4-7-12/h2-9,18H,16H2,1H3. The highest BCUT2D eigenvalue weighted by Gasteiger charge is 2.03. The number of benzene rings is 2. The number of nitrogens with zero attached hydrogens (tertiary/aromatic N) is 1. The van der Waals surface area contributed by atoms with Crippen LogP contribution < -0.4 is 15.9 Å². The average Bonchev–Trinajstić information content (AvgIpc) is 2.43. The molecule has 2 aromatic rings. The maximum atomic E-state index is 5.84. The molecule has 0 spiro atoms. The highest BCUT2D eigenvalue weighted by molar-refractivity contribution is 6.30. The third-order valence-corrected chi connectivity index (χ3v) is 2.83. The van der Waals surface area contributed by atoms with Gasteiger partial charge in [0.05, 0.1) is 13.3 Å². The summed E-state index contributed by atoms with van der Waals surface area (Å²) in [6.07, 6.45) is 1.55. The molecule has 0 radical (unpaired) electrons. The molecule has 0 aliphatic rings. The van der Waals surface area contributed by atoms with Gasteiger partial charge in [-0.3, -0.25) is 0 Å². The van der Waals surface area contributed by atoms with Crippen molar-refractivity contribution in [1.29, 1.82) is 0 Å². The molecular weight excluding hydrogens is 262 g/mol. The fourth-order valence-electron chi connectivity index (χ4n) is 1.68. The number of hydrogen-bond donors (Lipinski definition) is 2. The van der Waals surface area contributed by atoms with Gasteiger partial charge in [0.15, 0.2) is 0 Å². The van der Waals surface area contributed by atoms with E-state index in [1.165, 1.54) is 0 Å². The lowest BCUT2D eigenvalue weighted by Crippen LogP contribution is -1.96. The number of hydrazone groups is 1. The summed E-state index contributed by atoms with van der Waals surface area (Å²) in [5.41, 5.74) is 2.69. The zero-order chi connectivity index (χ0) is 13.7. The Kier molecular flexibility index (Phi) is 4.26. The summed E-state index contributed by atoms with van der Waals surface area (Å²) in [7, 11) is 1.61. The van der Waals surface area contributed by atoms with Crippen molar-refractivity contribution in [2.24, 2.45) is 10.9 Å². The summed E-state index contributed by atoms with van der Waals surface area (Å²) >= 11 is 5.84. The summed E-state index contributed by atoms with van der Waals surface area (Å²) in [4.78, 5) is 0. The molecule has 0 atom stereocenters. The molecule has 0 aliphatic carbocycles. The fourth-order valence-corrected chi connectivity index (χ4v) is 1.80. The summed E-state index contributed by atoms with van der Waals surface area (Å²) < 4.78 is 5.29. The van der Waals surface area contributed by atoms with Crippen LogP contribution >= 0.6 is 11.6 Å². The van der Waals surface area contributed by atoms with Gasteiger partial charge >= 0.3 is 0 Å². The Morgan fingerprint density at radius 1 is 1.16 bits per heavy atom. The van der Waals surface area contributed by atoms with E-state index in [2.05, 4.69) is 10.4 Å². The van der Waals surface area contributed by atoms with E-state index in [4.69, 9.17) is 22.2 Å². The van der Waals surface area contributed by atoms with E-state index in [0.717, 1.165) is 16.9 Å². The molecule has 0 amide bonds. The van der Waals surface area contributed by atoms with Crippen molar-refractivity contribution in [3.63, 3.8) is 0 Å². The van der Waals surface area contributed by atoms with E-state index in [1.807, 2.05) is 42.5 Å². The molecule has 98 valence electrons. The predicted molar refractivity (Wildman–Crippen MR) is 79.5 cm³/mol. The Hall–Kier alpha value is -2.20. The van der Waals surface area contributed by atoms with Gasteiger partial charge in [0, 0.05) is 28.0 Å². The van der Waals surface area contributed by atoms with Gasteiger partial charge in [0.25, 0.3) is 0 Å². The molecule has 0 aromatic heterocycles. The van der Waals surface area contributed by atoms with Gasteiger partial charge < -0.3 is 15.9 Å². The average molecular weight is 276 g/mol. The Labute approximate surface area is 116 Å². The van der Waals surface area contributed by atoms with E-state index in [0.29, 0.717) is 10.8 Å². The van der Waals surface area contributed by atoms with Gasteiger partial charge in [0.1, 0.15) is 5.75 Å². The van der Waals surface area contributed by atoms with Crippen LogP contribution in [0, 0.1) is 0 Å². The maximum Gasteiger partial charge on any atom is 0.129 e. The van der Waals surface area contributed by atoms with Gasteiger partial charge in [-0.1, -0.05) is 11.6 Å². The number of ether oxygens (including phenoxy) is 1. The Morgan fingerprint density at radius 3 is 2.47 bits per heavy atom. The Morgan fingerprint density at radius 2 is 1.84 bits per heavy atom. The van der Waals surface area contributed by atoms with Crippen LogP contribution in [-0.2, 0) is 0 Å². The molecule has 0 unspecified atom stereocenters. The minimum absolute atomic E-state index is 0.702. The minimum atomic E-state index is 0.702. The second kappa shape index (κ2) is 6.11. The molecule has 5 heteroatoms. The van der Waals surface area contributed by atoms with Crippen molar-refractivity contribution in [2.75, 3.05) is 12.4 Å². The molecule has 4 nitrogen and oxygen atoms in total. The molecular formula is C14H14ClN3O. The van der Waals surface area contributed by atoms with Crippen LogP contribution in [0.15, 0.2) is 47.6 Å². The second-order valence-electron chi connectivity index (χ2n) is 3.87. The number of nitrogens with two attached hydrogens (primary N) is 1. The van der Waals surface area contributed by atoms with Crippen LogP contribution in [0.2, 0.25) is 5.02 Å². The molecule has 2 aromatic carbocycles. The van der Waals surface area contributed by atoms with Gasteiger partial charge in [0.2, 0.25) is 0 Å². The molecule has 0 saturated carbocycles. The van der Waals surface area contributed by atoms with E-state index < -0.39 is 0 Å². The van der Waals surface area contributed by atoms with Gasteiger partial charge in [-0.15, -0.1) is 0 Å². The number of halogens is 1. The lowest BCUT2D eigenvalue weighted by atomic mass is 10.2. The summed E-state index contributed by atoms with van der Waals surface area (Å²) in [6.45, 7) is 0. The van der Waals surface area contributed by atoms with Gasteiger partial charge in [-0.05, 0) is 36.4 Å². The lowest BCUT2D eigenvalue weighted by molar-refractivity contribution is 0.414. The Balaban J connectivity index is 2.23. The first-order chi connectivity index (χ1) is 9.22. The van der Waals surface area contributed by atoms with Gasteiger partial charge in [-0.25, -0.2) is 0 Å². The first kappa shape index (κ1) is 13.2. The number of rotatable bonds is 4. The van der Waals surface area contributed by atoms with Gasteiger partial charge in [-0.2, -0.15) is 5.10 Å². The third-order valence-electron chi connectivity index (χ3n) is 2.58. The Bertz CT molecular complexity index is 582. The smallest absolute Gasteiger partial charge is 0.129 e. The molecule has 0 aliphatic heterocycles. The van der Waals surface area contributed by atoms with E-state index in [-0.39, 0.29) is 0 Å². The molecule has 0 bridgehead atoms. The molecule has 0 saturated heterocycles. The van der Waals surface area contributed by atoms with Crippen LogP contribution in [0.3, 0.4) is 0 Å². The number of hydrogen-bond acceptors (Lipinski definition) is 4. The number of methoxy groups -OCH3 is 1. The molecule has 2 rings (SSSR count). The minimum Gasteiger partial charge on any atom is -0.496 e. The highest BCUT2D eigenvalue weighted by Crippen LogP contribution is 2.25. The topological polar surface area (TPSA) is 59.6 Å². The van der Waals surface area contributed by atoms with E-state index >= 15 is 0 Å². The van der Waals surface area contributed by atoms with E-state index in [9.17, 15) is 0 Å². The van der Waals surface area contributed by atoms with Crippen molar-refractivity contribution < 1.29 is 4.74 Å². The van der Waals surface area contributed by atoms with Crippen molar-refractivity contribution in [1.82, 2.24) is 0 Å². The number of nitrogens with one attached hydrogen (secondary N) is 1. The highest BCUT2D eigenvalue weighted by atomic mass is 35.5. The predicted octanol–water partition coefficient (Wildman–Crippen LogP) is 3.38. The van der Waals surface area contributed by atoms with Crippen LogP contribution in [0.1, 0.15) is 5.56 Å². The first-order valence-corrected chi connectivity index (χ1v) is 6.04. The second-order valence-corrected chi connectivity index (χ2v) is 4.30. The van der Waals surface area contributed by atoms with Crippen LogP contribution in [-0.4, -0.2) is 13.3 Å². The maximum absolute atomic E-state index is 5.84. The monoisotopic (exact) mass is 275 g/mol. The van der Waals surface area contributed by atoms with Crippen molar-refractivity contribution in [3.05, 3.63) is 53.1 Å². The van der Waals surface area contributed by atoms with Crippen LogP contribution in [0.5, 0.6) is 5.75 Å². The quantitative estimate of drug-likeness (QED) is 0.511. The lowest BCUT2D eigenvalue weighted by Gasteiger charge is -2.10. The SMILES string of the molecule is COc1cc(Nc2ccc(Cl)cc2)ccc1C=NN. The molecule has 19 heavy (non-hydrogen) atoms.